The molecule has 5 heteroatoms. The summed E-state index contributed by atoms with van der Waals surface area (Å²) < 4.78 is 0. The number of nitrogens with zero attached hydrogens (tertiary/aromatic N) is 1. The summed E-state index contributed by atoms with van der Waals surface area (Å²) >= 11 is 0. The number of hydrogen-bond acceptors (Lipinski definition) is 4. The summed E-state index contributed by atoms with van der Waals surface area (Å²) in [7, 11) is 0. The van der Waals surface area contributed by atoms with Crippen molar-refractivity contribution >= 4 is 28.2 Å². The number of nitrogens with one attached hydrogen (secondary N) is 2. The Morgan fingerprint density at radius 3 is 2.70 bits per heavy atom. The predicted molar refractivity (Wildman–Crippen MR) is 82.5 cm³/mol. The number of anilines is 2. The first-order chi connectivity index (χ1) is 9.37. The van der Waals surface area contributed by atoms with Crippen molar-refractivity contribution in [1.82, 2.24) is 10.3 Å². The third-order valence-electron chi connectivity index (χ3n) is 2.74. The van der Waals surface area contributed by atoms with Gasteiger partial charge in [-0.2, -0.15) is 0 Å². The Hall–Kier alpha value is -2.30. The Balaban J connectivity index is 2.18. The number of rotatable bonds is 3. The topological polar surface area (TPSA) is 80.0 Å². The van der Waals surface area contributed by atoms with Crippen LogP contribution in [-0.2, 0) is 4.79 Å². The lowest BCUT2D eigenvalue weighted by Crippen LogP contribution is -2.43. The van der Waals surface area contributed by atoms with Gasteiger partial charge in [0.1, 0.15) is 0 Å². The minimum absolute atomic E-state index is 0.0715. The molecule has 0 unspecified atom stereocenters. The van der Waals surface area contributed by atoms with E-state index in [1.165, 1.54) is 0 Å². The van der Waals surface area contributed by atoms with E-state index in [1.54, 1.807) is 6.20 Å². The van der Waals surface area contributed by atoms with E-state index in [1.807, 2.05) is 45.0 Å². The largest absolute Gasteiger partial charge is 0.396 e. The lowest BCUT2D eigenvalue weighted by molar-refractivity contribution is -0.120. The molecular weight excluding hydrogens is 252 g/mol. The third-order valence-corrected chi connectivity index (χ3v) is 2.74. The molecular formula is C15H20N4O. The highest BCUT2D eigenvalue weighted by Crippen LogP contribution is 2.27. The molecule has 0 spiro atoms. The number of fused-ring (bicyclic) bond motifs is 1. The van der Waals surface area contributed by atoms with Gasteiger partial charge in [0.2, 0.25) is 5.91 Å². The van der Waals surface area contributed by atoms with Crippen molar-refractivity contribution in [2.75, 3.05) is 17.6 Å². The standard InChI is InChI=1S/C15H20N4O/c1-15(2,3)19-13(20)9-18-14-10-6-4-5-7-12(10)17-8-11(14)16/h4-8H,9,16H2,1-3H3,(H,17,18)(H,19,20). The number of amides is 1. The van der Waals surface area contributed by atoms with E-state index in [4.69, 9.17) is 5.73 Å². The van der Waals surface area contributed by atoms with Gasteiger partial charge in [0.25, 0.3) is 0 Å². The molecule has 0 saturated carbocycles. The van der Waals surface area contributed by atoms with Crippen molar-refractivity contribution in [2.45, 2.75) is 26.3 Å². The Bertz CT molecular complexity index is 631. The number of nitrogen functional groups attached to an aromatic ring is 1. The van der Waals surface area contributed by atoms with E-state index in [9.17, 15) is 4.79 Å². The Labute approximate surface area is 118 Å². The molecule has 1 amide bonds. The second-order valence-corrected chi connectivity index (χ2v) is 5.76. The molecule has 2 aromatic rings. The van der Waals surface area contributed by atoms with Crippen LogP contribution in [0.4, 0.5) is 11.4 Å². The number of carbonyl (C=O) groups is 1. The summed E-state index contributed by atoms with van der Waals surface area (Å²) in [6.07, 6.45) is 1.60. The van der Waals surface area contributed by atoms with Gasteiger partial charge >= 0.3 is 0 Å². The molecule has 0 atom stereocenters. The number of hydrogen-bond donors (Lipinski definition) is 3. The smallest absolute Gasteiger partial charge is 0.239 e. The molecule has 1 heterocycles. The number of pyridine rings is 1. The van der Waals surface area contributed by atoms with Crippen LogP contribution in [0.5, 0.6) is 0 Å². The van der Waals surface area contributed by atoms with Gasteiger partial charge in [0, 0.05) is 10.9 Å². The summed E-state index contributed by atoms with van der Waals surface area (Å²) in [5.41, 5.74) is 7.83. The molecule has 0 aliphatic rings. The van der Waals surface area contributed by atoms with Gasteiger partial charge in [-0.1, -0.05) is 18.2 Å². The first kappa shape index (κ1) is 14.1. The molecule has 106 valence electrons. The van der Waals surface area contributed by atoms with E-state index in [2.05, 4.69) is 15.6 Å². The normalized spacial score (nSPS) is 11.3. The monoisotopic (exact) mass is 272 g/mol. The molecule has 1 aromatic heterocycles. The maximum atomic E-state index is 11.8. The first-order valence-corrected chi connectivity index (χ1v) is 6.55. The predicted octanol–water partition coefficient (Wildman–Crippen LogP) is 2.14. The fourth-order valence-corrected chi connectivity index (χ4v) is 1.99. The van der Waals surface area contributed by atoms with Gasteiger partial charge in [-0.3, -0.25) is 9.78 Å². The van der Waals surface area contributed by atoms with E-state index >= 15 is 0 Å². The molecule has 20 heavy (non-hydrogen) atoms. The average molecular weight is 272 g/mol. The van der Waals surface area contributed by atoms with Crippen LogP contribution < -0.4 is 16.4 Å². The van der Waals surface area contributed by atoms with Crippen LogP contribution in [0.1, 0.15) is 20.8 Å². The number of benzene rings is 1. The lowest BCUT2D eigenvalue weighted by Gasteiger charge is -2.21. The van der Waals surface area contributed by atoms with E-state index in [-0.39, 0.29) is 18.0 Å². The van der Waals surface area contributed by atoms with Crippen LogP contribution >= 0.6 is 0 Å². The van der Waals surface area contributed by atoms with Crippen LogP contribution in [0.25, 0.3) is 10.9 Å². The molecule has 0 saturated heterocycles. The zero-order valence-electron chi connectivity index (χ0n) is 12.0. The van der Waals surface area contributed by atoms with Gasteiger partial charge < -0.3 is 16.4 Å². The molecule has 0 bridgehead atoms. The van der Waals surface area contributed by atoms with Crippen LogP contribution in [-0.4, -0.2) is 23.0 Å². The molecule has 4 N–H and O–H groups in total. The second-order valence-electron chi connectivity index (χ2n) is 5.76. The molecule has 1 aromatic carbocycles. The average Bonchev–Trinajstić information content (AvgIpc) is 2.35. The van der Waals surface area contributed by atoms with Gasteiger partial charge in [0.05, 0.1) is 29.6 Å². The zero-order chi connectivity index (χ0) is 14.8. The van der Waals surface area contributed by atoms with Gasteiger partial charge in [-0.25, -0.2) is 0 Å². The van der Waals surface area contributed by atoms with Crippen molar-refractivity contribution in [3.05, 3.63) is 30.5 Å². The van der Waals surface area contributed by atoms with Crippen molar-refractivity contribution in [2.24, 2.45) is 0 Å². The molecule has 2 rings (SSSR count). The highest BCUT2D eigenvalue weighted by Gasteiger charge is 2.14. The van der Waals surface area contributed by atoms with Crippen molar-refractivity contribution < 1.29 is 4.79 Å². The van der Waals surface area contributed by atoms with Gasteiger partial charge in [-0.15, -0.1) is 0 Å². The molecule has 0 aliphatic heterocycles. The molecule has 5 nitrogen and oxygen atoms in total. The van der Waals surface area contributed by atoms with Crippen molar-refractivity contribution in [3.63, 3.8) is 0 Å². The number of carbonyl (C=O) groups excluding carboxylic acids is 1. The number of aromatic nitrogens is 1. The maximum Gasteiger partial charge on any atom is 0.239 e. The lowest BCUT2D eigenvalue weighted by atomic mass is 10.1. The fraction of sp³-hybridized carbons (Fsp3) is 0.333. The SMILES string of the molecule is CC(C)(C)NC(=O)CNc1c(N)cnc2ccccc12. The van der Waals surface area contributed by atoms with E-state index in [0.717, 1.165) is 16.6 Å². The molecule has 0 aliphatic carbocycles. The number of para-hydroxylation sites is 1. The van der Waals surface area contributed by atoms with Gasteiger partial charge in [-0.05, 0) is 26.8 Å². The Kier molecular flexibility index (Phi) is 3.79. The van der Waals surface area contributed by atoms with E-state index < -0.39 is 0 Å². The fourth-order valence-electron chi connectivity index (χ4n) is 1.99. The minimum Gasteiger partial charge on any atom is -0.396 e. The van der Waals surface area contributed by atoms with Crippen LogP contribution in [0.15, 0.2) is 30.5 Å². The quantitative estimate of drug-likeness (QED) is 0.799. The van der Waals surface area contributed by atoms with Gasteiger partial charge in [0.15, 0.2) is 0 Å². The second kappa shape index (κ2) is 5.36. The third kappa shape index (κ3) is 3.38. The van der Waals surface area contributed by atoms with Crippen molar-refractivity contribution in [1.29, 1.82) is 0 Å². The van der Waals surface area contributed by atoms with E-state index in [0.29, 0.717) is 5.69 Å². The maximum absolute atomic E-state index is 11.8. The van der Waals surface area contributed by atoms with Crippen LogP contribution in [0.2, 0.25) is 0 Å². The number of nitrogens with two attached hydrogens (primary N) is 1. The summed E-state index contributed by atoms with van der Waals surface area (Å²) in [4.78, 5) is 16.1. The summed E-state index contributed by atoms with van der Waals surface area (Å²) in [5, 5.41) is 6.91. The first-order valence-electron chi connectivity index (χ1n) is 6.55. The summed E-state index contributed by atoms with van der Waals surface area (Å²) in [6.45, 7) is 6.01. The summed E-state index contributed by atoms with van der Waals surface area (Å²) in [6, 6.07) is 7.68. The highest BCUT2D eigenvalue weighted by atomic mass is 16.2. The zero-order valence-corrected chi connectivity index (χ0v) is 12.0. The molecule has 0 fully saturated rings. The minimum atomic E-state index is -0.245. The van der Waals surface area contributed by atoms with Crippen LogP contribution in [0, 0.1) is 0 Å². The van der Waals surface area contributed by atoms with Crippen molar-refractivity contribution in [3.8, 4) is 0 Å². The molecule has 0 radical (unpaired) electrons. The Morgan fingerprint density at radius 2 is 2.00 bits per heavy atom. The summed E-state index contributed by atoms with van der Waals surface area (Å²) in [5.74, 6) is -0.0715. The highest BCUT2D eigenvalue weighted by molar-refractivity contribution is 5.98. The van der Waals surface area contributed by atoms with Crippen LogP contribution in [0.3, 0.4) is 0 Å². The Morgan fingerprint density at radius 1 is 1.30 bits per heavy atom.